The SMILES string of the molecule is CNc1nc(NCC2CC(O)C2)c2[nH]cnc2n1. The van der Waals surface area contributed by atoms with E-state index in [4.69, 9.17) is 0 Å². The lowest BCUT2D eigenvalue weighted by Crippen LogP contribution is -2.33. The molecule has 7 heteroatoms. The first-order valence-electron chi connectivity index (χ1n) is 6.07. The third kappa shape index (κ3) is 1.97. The molecular formula is C11H16N6O. The minimum absolute atomic E-state index is 0.123. The van der Waals surface area contributed by atoms with E-state index in [1.54, 1.807) is 13.4 Å². The molecule has 7 nitrogen and oxygen atoms in total. The van der Waals surface area contributed by atoms with Gasteiger partial charge in [0.2, 0.25) is 5.95 Å². The molecule has 0 saturated heterocycles. The van der Waals surface area contributed by atoms with Gasteiger partial charge in [-0.3, -0.25) is 0 Å². The molecule has 0 bridgehead atoms. The zero-order valence-electron chi connectivity index (χ0n) is 10.1. The molecule has 0 aromatic carbocycles. The molecule has 3 rings (SSSR count). The first kappa shape index (κ1) is 11.2. The lowest BCUT2D eigenvalue weighted by molar-refractivity contribution is 0.0486. The van der Waals surface area contributed by atoms with E-state index in [9.17, 15) is 5.11 Å². The molecular weight excluding hydrogens is 232 g/mol. The smallest absolute Gasteiger partial charge is 0.226 e. The van der Waals surface area contributed by atoms with Crippen LogP contribution in [0.15, 0.2) is 6.33 Å². The number of aliphatic hydroxyl groups is 1. The van der Waals surface area contributed by atoms with Crippen molar-refractivity contribution in [1.82, 2.24) is 19.9 Å². The molecule has 1 fully saturated rings. The second-order valence-corrected chi connectivity index (χ2v) is 4.62. The van der Waals surface area contributed by atoms with Crippen molar-refractivity contribution in [3.8, 4) is 0 Å². The van der Waals surface area contributed by atoms with Gasteiger partial charge in [-0.2, -0.15) is 9.97 Å². The van der Waals surface area contributed by atoms with Gasteiger partial charge in [-0.15, -0.1) is 0 Å². The van der Waals surface area contributed by atoms with Crippen molar-refractivity contribution in [2.24, 2.45) is 5.92 Å². The van der Waals surface area contributed by atoms with E-state index in [1.165, 1.54) is 0 Å². The van der Waals surface area contributed by atoms with Crippen molar-refractivity contribution >= 4 is 22.9 Å². The van der Waals surface area contributed by atoms with Crippen molar-refractivity contribution in [1.29, 1.82) is 0 Å². The highest BCUT2D eigenvalue weighted by Crippen LogP contribution is 2.28. The fraction of sp³-hybridized carbons (Fsp3) is 0.545. The number of rotatable bonds is 4. The minimum Gasteiger partial charge on any atom is -0.393 e. The van der Waals surface area contributed by atoms with E-state index in [-0.39, 0.29) is 6.10 Å². The predicted molar refractivity (Wildman–Crippen MR) is 68.5 cm³/mol. The van der Waals surface area contributed by atoms with Crippen LogP contribution in [-0.4, -0.2) is 44.7 Å². The summed E-state index contributed by atoms with van der Waals surface area (Å²) in [6.45, 7) is 0.811. The van der Waals surface area contributed by atoms with Crippen LogP contribution >= 0.6 is 0 Å². The van der Waals surface area contributed by atoms with Crippen LogP contribution in [0.5, 0.6) is 0 Å². The van der Waals surface area contributed by atoms with Gasteiger partial charge in [-0.25, -0.2) is 4.98 Å². The van der Waals surface area contributed by atoms with E-state index < -0.39 is 0 Å². The van der Waals surface area contributed by atoms with Gasteiger partial charge in [-0.1, -0.05) is 0 Å². The van der Waals surface area contributed by atoms with Crippen LogP contribution < -0.4 is 10.6 Å². The summed E-state index contributed by atoms with van der Waals surface area (Å²) in [4.78, 5) is 15.8. The van der Waals surface area contributed by atoms with Crippen LogP contribution in [0.1, 0.15) is 12.8 Å². The highest BCUT2D eigenvalue weighted by Gasteiger charge is 2.27. The van der Waals surface area contributed by atoms with Gasteiger partial charge in [0.05, 0.1) is 12.4 Å². The fourth-order valence-corrected chi connectivity index (χ4v) is 2.18. The van der Waals surface area contributed by atoms with Gasteiger partial charge in [0.15, 0.2) is 11.5 Å². The highest BCUT2D eigenvalue weighted by atomic mass is 16.3. The van der Waals surface area contributed by atoms with Crippen LogP contribution in [0, 0.1) is 5.92 Å². The third-order valence-electron chi connectivity index (χ3n) is 3.28. The molecule has 96 valence electrons. The molecule has 2 aromatic heterocycles. The van der Waals surface area contributed by atoms with E-state index in [1.807, 2.05) is 0 Å². The Balaban J connectivity index is 1.79. The van der Waals surface area contributed by atoms with Gasteiger partial charge < -0.3 is 20.7 Å². The number of aromatic nitrogens is 4. The summed E-state index contributed by atoms with van der Waals surface area (Å²) < 4.78 is 0. The van der Waals surface area contributed by atoms with E-state index in [0.29, 0.717) is 17.5 Å². The van der Waals surface area contributed by atoms with Gasteiger partial charge in [0.1, 0.15) is 5.52 Å². The van der Waals surface area contributed by atoms with E-state index in [0.717, 1.165) is 30.7 Å². The van der Waals surface area contributed by atoms with Crippen LogP contribution in [0.4, 0.5) is 11.8 Å². The van der Waals surface area contributed by atoms with Crippen molar-refractivity contribution in [2.75, 3.05) is 24.2 Å². The van der Waals surface area contributed by atoms with Gasteiger partial charge in [0.25, 0.3) is 0 Å². The monoisotopic (exact) mass is 248 g/mol. The Morgan fingerprint density at radius 3 is 3.00 bits per heavy atom. The molecule has 2 aromatic rings. The number of anilines is 2. The summed E-state index contributed by atoms with van der Waals surface area (Å²) >= 11 is 0. The quantitative estimate of drug-likeness (QED) is 0.631. The van der Waals surface area contributed by atoms with Crippen LogP contribution in [0.25, 0.3) is 11.2 Å². The average molecular weight is 248 g/mol. The van der Waals surface area contributed by atoms with Crippen molar-refractivity contribution in [3.05, 3.63) is 6.33 Å². The summed E-state index contributed by atoms with van der Waals surface area (Å²) in [5, 5.41) is 15.5. The topological polar surface area (TPSA) is 98.8 Å². The summed E-state index contributed by atoms with van der Waals surface area (Å²) in [7, 11) is 1.78. The Labute approximate surface area is 104 Å². The van der Waals surface area contributed by atoms with E-state index in [2.05, 4.69) is 30.6 Å². The molecule has 1 aliphatic rings. The van der Waals surface area contributed by atoms with Gasteiger partial charge in [0, 0.05) is 13.6 Å². The molecule has 0 radical (unpaired) electrons. The van der Waals surface area contributed by atoms with Crippen molar-refractivity contribution in [3.63, 3.8) is 0 Å². The molecule has 0 unspecified atom stereocenters. The highest BCUT2D eigenvalue weighted by molar-refractivity contribution is 5.83. The number of imidazole rings is 1. The molecule has 4 N–H and O–H groups in total. The summed E-state index contributed by atoms with van der Waals surface area (Å²) in [6, 6.07) is 0. The normalized spacial score (nSPS) is 22.8. The maximum absolute atomic E-state index is 9.26. The Bertz CT molecular complexity index is 547. The number of aromatic amines is 1. The molecule has 18 heavy (non-hydrogen) atoms. The van der Waals surface area contributed by atoms with Crippen molar-refractivity contribution in [2.45, 2.75) is 18.9 Å². The number of nitrogens with one attached hydrogen (secondary N) is 3. The molecule has 1 saturated carbocycles. The van der Waals surface area contributed by atoms with Crippen molar-refractivity contribution < 1.29 is 5.11 Å². The van der Waals surface area contributed by atoms with Crippen LogP contribution in [0.3, 0.4) is 0 Å². The standard InChI is InChI=1S/C11H16N6O/c1-12-11-16-9(8-10(17-11)15-5-14-8)13-4-6-2-7(18)3-6/h5-7,18H,2-4H2,1H3,(H3,12,13,14,15,16,17). The Morgan fingerprint density at radius 1 is 1.44 bits per heavy atom. The number of fused-ring (bicyclic) bond motifs is 1. The minimum atomic E-state index is -0.123. The molecule has 2 heterocycles. The second kappa shape index (κ2) is 4.41. The fourth-order valence-electron chi connectivity index (χ4n) is 2.18. The van der Waals surface area contributed by atoms with Gasteiger partial charge in [-0.05, 0) is 18.8 Å². The Hall–Kier alpha value is -1.89. The maximum Gasteiger partial charge on any atom is 0.226 e. The summed E-state index contributed by atoms with van der Waals surface area (Å²) in [6.07, 6.45) is 3.21. The second-order valence-electron chi connectivity index (χ2n) is 4.62. The zero-order chi connectivity index (χ0) is 12.5. The average Bonchev–Trinajstić information content (AvgIpc) is 2.80. The molecule has 0 aliphatic heterocycles. The van der Waals surface area contributed by atoms with Crippen LogP contribution in [0.2, 0.25) is 0 Å². The number of nitrogens with zero attached hydrogens (tertiary/aromatic N) is 3. The number of H-pyrrole nitrogens is 1. The van der Waals surface area contributed by atoms with Crippen LogP contribution in [-0.2, 0) is 0 Å². The lowest BCUT2D eigenvalue weighted by Gasteiger charge is -2.31. The first-order chi connectivity index (χ1) is 8.76. The number of hydrogen-bond acceptors (Lipinski definition) is 6. The lowest BCUT2D eigenvalue weighted by atomic mass is 9.82. The predicted octanol–water partition coefficient (Wildman–Crippen LogP) is 0.577. The largest absolute Gasteiger partial charge is 0.393 e. The molecule has 0 amide bonds. The summed E-state index contributed by atoms with van der Waals surface area (Å²) in [5.41, 5.74) is 1.46. The summed E-state index contributed by atoms with van der Waals surface area (Å²) in [5.74, 6) is 1.82. The van der Waals surface area contributed by atoms with E-state index >= 15 is 0 Å². The first-order valence-corrected chi connectivity index (χ1v) is 6.07. The maximum atomic E-state index is 9.26. The zero-order valence-corrected chi connectivity index (χ0v) is 10.1. The number of hydrogen-bond donors (Lipinski definition) is 4. The third-order valence-corrected chi connectivity index (χ3v) is 3.28. The Kier molecular flexibility index (Phi) is 2.75. The number of aliphatic hydroxyl groups excluding tert-OH is 1. The van der Waals surface area contributed by atoms with Gasteiger partial charge >= 0.3 is 0 Å². The Morgan fingerprint density at radius 2 is 2.28 bits per heavy atom. The molecule has 1 aliphatic carbocycles. The molecule has 0 spiro atoms. The molecule has 0 atom stereocenters.